The van der Waals surface area contributed by atoms with E-state index in [4.69, 9.17) is 0 Å². The van der Waals surface area contributed by atoms with E-state index < -0.39 is 10.0 Å². The Morgan fingerprint density at radius 3 is 2.38 bits per heavy atom. The molecule has 0 radical (unpaired) electrons. The fourth-order valence-corrected chi connectivity index (χ4v) is 2.51. The second-order valence-electron chi connectivity index (χ2n) is 5.09. The van der Waals surface area contributed by atoms with Crippen molar-refractivity contribution in [2.45, 2.75) is 46.5 Å². The number of rotatable bonds is 11. The molecule has 3 N–H and O–H groups in total. The Morgan fingerprint density at radius 1 is 1.14 bits per heavy atom. The first-order valence-corrected chi connectivity index (χ1v) is 9.56. The van der Waals surface area contributed by atoms with Crippen LogP contribution in [0, 0.1) is 5.92 Å². The lowest BCUT2D eigenvalue weighted by molar-refractivity contribution is 0.444. The molecule has 0 saturated heterocycles. The topological polar surface area (TPSA) is 82.6 Å². The summed E-state index contributed by atoms with van der Waals surface area (Å²) in [6.07, 6.45) is 4.86. The predicted molar refractivity (Wildman–Crippen MR) is 90.1 cm³/mol. The minimum absolute atomic E-state index is 0.107. The van der Waals surface area contributed by atoms with Gasteiger partial charge in [-0.15, -0.1) is 0 Å². The lowest BCUT2D eigenvalue weighted by atomic mass is 9.99. The standard InChI is InChI=1S/C14H32N4O2S/c1-5-8-9-13(6-2)12-17-14(15-4)16-10-11-18-21(19,20)7-3/h13,18H,5-12H2,1-4H3,(H2,15,16,17). The van der Waals surface area contributed by atoms with E-state index in [1.54, 1.807) is 14.0 Å². The van der Waals surface area contributed by atoms with Crippen molar-refractivity contribution in [1.29, 1.82) is 0 Å². The molecule has 0 bridgehead atoms. The molecule has 0 heterocycles. The van der Waals surface area contributed by atoms with E-state index in [2.05, 4.69) is 34.2 Å². The average molecular weight is 321 g/mol. The second kappa shape index (κ2) is 11.8. The van der Waals surface area contributed by atoms with Crippen LogP contribution in [0.25, 0.3) is 0 Å². The molecule has 0 aliphatic heterocycles. The van der Waals surface area contributed by atoms with Crippen LogP contribution in [0.5, 0.6) is 0 Å². The van der Waals surface area contributed by atoms with Crippen molar-refractivity contribution < 1.29 is 8.42 Å². The molecule has 0 aliphatic rings. The van der Waals surface area contributed by atoms with Gasteiger partial charge in [-0.2, -0.15) is 0 Å². The summed E-state index contributed by atoms with van der Waals surface area (Å²) >= 11 is 0. The van der Waals surface area contributed by atoms with Gasteiger partial charge in [0.1, 0.15) is 0 Å². The van der Waals surface area contributed by atoms with Crippen molar-refractivity contribution in [3.63, 3.8) is 0 Å². The van der Waals surface area contributed by atoms with Crippen LogP contribution >= 0.6 is 0 Å². The summed E-state index contributed by atoms with van der Waals surface area (Å²) in [4.78, 5) is 4.15. The zero-order valence-electron chi connectivity index (χ0n) is 13.9. The van der Waals surface area contributed by atoms with E-state index in [9.17, 15) is 8.42 Å². The summed E-state index contributed by atoms with van der Waals surface area (Å²) in [5, 5.41) is 6.42. The Morgan fingerprint density at radius 2 is 1.86 bits per heavy atom. The van der Waals surface area contributed by atoms with Gasteiger partial charge >= 0.3 is 0 Å². The summed E-state index contributed by atoms with van der Waals surface area (Å²) < 4.78 is 25.1. The maximum atomic E-state index is 11.3. The molecule has 0 saturated carbocycles. The summed E-state index contributed by atoms with van der Waals surface area (Å²) in [5.74, 6) is 1.48. The van der Waals surface area contributed by atoms with Gasteiger partial charge in [0.15, 0.2) is 5.96 Å². The highest BCUT2D eigenvalue weighted by Crippen LogP contribution is 2.10. The van der Waals surface area contributed by atoms with Crippen molar-refractivity contribution >= 4 is 16.0 Å². The quantitative estimate of drug-likeness (QED) is 0.304. The second-order valence-corrected chi connectivity index (χ2v) is 7.19. The molecule has 21 heavy (non-hydrogen) atoms. The van der Waals surface area contributed by atoms with Crippen LogP contribution in [0.1, 0.15) is 46.5 Å². The van der Waals surface area contributed by atoms with E-state index in [1.165, 1.54) is 19.3 Å². The van der Waals surface area contributed by atoms with E-state index >= 15 is 0 Å². The van der Waals surface area contributed by atoms with E-state index in [0.29, 0.717) is 19.0 Å². The number of nitrogens with one attached hydrogen (secondary N) is 3. The molecule has 0 aromatic carbocycles. The highest BCUT2D eigenvalue weighted by molar-refractivity contribution is 7.89. The maximum Gasteiger partial charge on any atom is 0.211 e. The SMILES string of the molecule is CCCCC(CC)CNC(=NC)NCCNS(=O)(=O)CC. The number of unbranched alkanes of at least 4 members (excludes halogenated alkanes) is 1. The minimum Gasteiger partial charge on any atom is -0.356 e. The molecule has 6 nitrogen and oxygen atoms in total. The first kappa shape index (κ1) is 20.2. The number of guanidine groups is 1. The van der Waals surface area contributed by atoms with Crippen LogP contribution in [0.3, 0.4) is 0 Å². The monoisotopic (exact) mass is 320 g/mol. The summed E-state index contributed by atoms with van der Waals surface area (Å²) in [6, 6.07) is 0. The van der Waals surface area contributed by atoms with Crippen molar-refractivity contribution in [2.24, 2.45) is 10.9 Å². The van der Waals surface area contributed by atoms with E-state index in [-0.39, 0.29) is 5.75 Å². The number of hydrogen-bond donors (Lipinski definition) is 3. The van der Waals surface area contributed by atoms with Crippen LogP contribution in [0.2, 0.25) is 0 Å². The highest BCUT2D eigenvalue weighted by Gasteiger charge is 2.08. The van der Waals surface area contributed by atoms with Gasteiger partial charge in [0.05, 0.1) is 5.75 Å². The maximum absolute atomic E-state index is 11.3. The van der Waals surface area contributed by atoms with Crippen LogP contribution in [0.4, 0.5) is 0 Å². The van der Waals surface area contributed by atoms with Crippen LogP contribution < -0.4 is 15.4 Å². The van der Waals surface area contributed by atoms with Gasteiger partial charge < -0.3 is 10.6 Å². The van der Waals surface area contributed by atoms with Crippen LogP contribution in [0.15, 0.2) is 4.99 Å². The van der Waals surface area contributed by atoms with Gasteiger partial charge in [-0.25, -0.2) is 13.1 Å². The van der Waals surface area contributed by atoms with Gasteiger partial charge in [0.2, 0.25) is 10.0 Å². The molecular weight excluding hydrogens is 288 g/mol. The molecule has 0 aliphatic carbocycles. The fraction of sp³-hybridized carbons (Fsp3) is 0.929. The van der Waals surface area contributed by atoms with Crippen LogP contribution in [-0.4, -0.2) is 46.8 Å². The van der Waals surface area contributed by atoms with Crippen molar-refractivity contribution in [1.82, 2.24) is 15.4 Å². The largest absolute Gasteiger partial charge is 0.356 e. The smallest absolute Gasteiger partial charge is 0.211 e. The summed E-state index contributed by atoms with van der Waals surface area (Å²) in [6.45, 7) is 7.82. The average Bonchev–Trinajstić information content (AvgIpc) is 2.49. The number of nitrogens with zero attached hydrogens (tertiary/aromatic N) is 1. The molecule has 0 fully saturated rings. The molecule has 1 unspecified atom stereocenters. The summed E-state index contributed by atoms with van der Waals surface area (Å²) in [7, 11) is -1.39. The third-order valence-electron chi connectivity index (χ3n) is 3.44. The van der Waals surface area contributed by atoms with E-state index in [0.717, 1.165) is 18.9 Å². The molecule has 126 valence electrons. The van der Waals surface area contributed by atoms with Gasteiger partial charge in [-0.05, 0) is 19.3 Å². The molecule has 0 rings (SSSR count). The van der Waals surface area contributed by atoms with Crippen LogP contribution in [-0.2, 0) is 10.0 Å². The Bertz CT molecular complexity index is 382. The third-order valence-corrected chi connectivity index (χ3v) is 4.85. The molecule has 0 amide bonds. The van der Waals surface area contributed by atoms with Crippen molar-refractivity contribution in [2.75, 3.05) is 32.4 Å². The molecule has 7 heteroatoms. The molecule has 0 spiro atoms. The Kier molecular flexibility index (Phi) is 11.3. The minimum atomic E-state index is -3.11. The molecule has 1 atom stereocenters. The number of sulfonamides is 1. The fourth-order valence-electron chi connectivity index (χ4n) is 1.89. The highest BCUT2D eigenvalue weighted by atomic mass is 32.2. The predicted octanol–water partition coefficient (Wildman–Crippen LogP) is 1.31. The molecular formula is C14H32N4O2S. The Labute approximate surface area is 130 Å². The van der Waals surface area contributed by atoms with Gasteiger partial charge in [0.25, 0.3) is 0 Å². The lowest BCUT2D eigenvalue weighted by Crippen LogP contribution is -2.43. The van der Waals surface area contributed by atoms with Gasteiger partial charge in [-0.1, -0.05) is 33.1 Å². The van der Waals surface area contributed by atoms with Gasteiger partial charge in [0, 0.05) is 26.7 Å². The third kappa shape index (κ3) is 10.5. The molecule has 0 aromatic rings. The molecule has 0 aromatic heterocycles. The summed E-state index contributed by atoms with van der Waals surface area (Å²) in [5.41, 5.74) is 0. The first-order valence-electron chi connectivity index (χ1n) is 7.90. The Balaban J connectivity index is 3.96. The van der Waals surface area contributed by atoms with Gasteiger partial charge in [-0.3, -0.25) is 4.99 Å². The number of hydrogen-bond acceptors (Lipinski definition) is 3. The number of aliphatic imine (C=N–C) groups is 1. The first-order chi connectivity index (χ1) is 9.99. The zero-order valence-corrected chi connectivity index (χ0v) is 14.7. The van der Waals surface area contributed by atoms with Crippen molar-refractivity contribution in [3.05, 3.63) is 0 Å². The van der Waals surface area contributed by atoms with Crippen molar-refractivity contribution in [3.8, 4) is 0 Å². The lowest BCUT2D eigenvalue weighted by Gasteiger charge is -2.18. The normalized spacial score (nSPS) is 14.0. The zero-order chi connectivity index (χ0) is 16.1. The van der Waals surface area contributed by atoms with E-state index in [1.807, 2.05) is 0 Å². The Hall–Kier alpha value is -0.820.